The van der Waals surface area contributed by atoms with Gasteiger partial charge in [-0.25, -0.2) is 4.98 Å². The number of hydrogen-bond donors (Lipinski definition) is 2. The maximum atomic E-state index is 12.8. The maximum Gasteiger partial charge on any atom is 0.230 e. The molecule has 5 rings (SSSR count). The largest absolute Gasteiger partial charge is 0.384 e. The Kier molecular flexibility index (Phi) is 3.60. The Morgan fingerprint density at radius 2 is 1.71 bits per heavy atom. The van der Waals surface area contributed by atoms with Gasteiger partial charge in [-0.2, -0.15) is 0 Å². The summed E-state index contributed by atoms with van der Waals surface area (Å²) >= 11 is 0. The minimum atomic E-state index is -0.101. The monoisotopic (exact) mass is 307 g/mol. The van der Waals surface area contributed by atoms with Crippen LogP contribution in [0.15, 0.2) is 18.3 Å². The molecule has 4 fully saturated rings. The summed E-state index contributed by atoms with van der Waals surface area (Å²) in [5.41, 5.74) is 6.24. The fourth-order valence-corrected chi connectivity index (χ4v) is 5.13. The highest BCUT2D eigenvalue weighted by atomic mass is 35.5. The number of amides is 1. The van der Waals surface area contributed by atoms with Crippen LogP contribution in [0.3, 0.4) is 0 Å². The highest BCUT2D eigenvalue weighted by Gasteiger charge is 2.54. The number of hydrogen-bond acceptors (Lipinski definition) is 3. The van der Waals surface area contributed by atoms with Crippen molar-refractivity contribution in [1.29, 1.82) is 0 Å². The molecule has 1 aromatic rings. The van der Waals surface area contributed by atoms with Gasteiger partial charge in [0.05, 0.1) is 17.3 Å². The van der Waals surface area contributed by atoms with Crippen molar-refractivity contribution >= 4 is 29.8 Å². The molecule has 4 aliphatic rings. The number of anilines is 2. The number of rotatable bonds is 2. The van der Waals surface area contributed by atoms with Crippen LogP contribution >= 0.6 is 12.4 Å². The molecule has 5 heteroatoms. The van der Waals surface area contributed by atoms with E-state index in [0.717, 1.165) is 42.7 Å². The van der Waals surface area contributed by atoms with Gasteiger partial charge in [-0.15, -0.1) is 12.4 Å². The standard InChI is InChI=1S/C16H21N3O.ClH/c17-14-2-1-13(9-18-14)19-15(20)16-6-10-3-11(7-16)5-12(4-10)8-16;/h1-2,9-12H,3-8H2,(H2,17,18)(H,19,20);1H. The third-order valence-corrected chi connectivity index (χ3v) is 5.56. The summed E-state index contributed by atoms with van der Waals surface area (Å²) < 4.78 is 0. The lowest BCUT2D eigenvalue weighted by molar-refractivity contribution is -0.140. The second-order valence-electron chi connectivity index (χ2n) is 7.12. The van der Waals surface area contributed by atoms with E-state index in [2.05, 4.69) is 10.3 Å². The number of carbonyl (C=O) groups excluding carboxylic acids is 1. The summed E-state index contributed by atoms with van der Waals surface area (Å²) in [6, 6.07) is 3.57. The number of nitrogens with one attached hydrogen (secondary N) is 1. The molecule has 0 aliphatic heterocycles. The molecule has 0 aromatic carbocycles. The maximum absolute atomic E-state index is 12.8. The van der Waals surface area contributed by atoms with Crippen LogP contribution in [0.4, 0.5) is 11.5 Å². The molecular weight excluding hydrogens is 286 g/mol. The van der Waals surface area contributed by atoms with Gasteiger partial charge < -0.3 is 11.1 Å². The number of nitrogens with zero attached hydrogens (tertiary/aromatic N) is 1. The molecule has 4 nitrogen and oxygen atoms in total. The van der Waals surface area contributed by atoms with Crippen molar-refractivity contribution in [2.24, 2.45) is 23.2 Å². The van der Waals surface area contributed by atoms with Crippen molar-refractivity contribution in [2.45, 2.75) is 38.5 Å². The Morgan fingerprint density at radius 3 is 2.19 bits per heavy atom. The number of nitrogen functional groups attached to an aromatic ring is 1. The predicted octanol–water partition coefficient (Wildman–Crippen LogP) is 3.24. The molecule has 1 aromatic heterocycles. The highest BCUT2D eigenvalue weighted by molar-refractivity contribution is 5.95. The Balaban J connectivity index is 0.00000132. The molecule has 1 amide bonds. The topological polar surface area (TPSA) is 68.0 Å². The van der Waals surface area contributed by atoms with E-state index in [-0.39, 0.29) is 23.7 Å². The number of aromatic nitrogens is 1. The van der Waals surface area contributed by atoms with Crippen LogP contribution in [0.25, 0.3) is 0 Å². The van der Waals surface area contributed by atoms with Crippen LogP contribution < -0.4 is 11.1 Å². The first kappa shape index (κ1) is 14.6. The summed E-state index contributed by atoms with van der Waals surface area (Å²) in [7, 11) is 0. The number of halogens is 1. The number of carbonyl (C=O) groups is 1. The van der Waals surface area contributed by atoms with E-state index in [0.29, 0.717) is 5.82 Å². The molecule has 3 N–H and O–H groups in total. The van der Waals surface area contributed by atoms with Gasteiger partial charge in [-0.05, 0) is 68.4 Å². The molecule has 1 heterocycles. The zero-order valence-corrected chi connectivity index (χ0v) is 12.9. The molecule has 0 saturated heterocycles. The zero-order valence-electron chi connectivity index (χ0n) is 12.0. The molecule has 0 spiro atoms. The molecule has 0 unspecified atom stereocenters. The fourth-order valence-electron chi connectivity index (χ4n) is 5.13. The summed E-state index contributed by atoms with van der Waals surface area (Å²) in [6.45, 7) is 0. The lowest BCUT2D eigenvalue weighted by Gasteiger charge is -2.55. The van der Waals surface area contributed by atoms with Gasteiger partial charge in [-0.1, -0.05) is 0 Å². The second-order valence-corrected chi connectivity index (χ2v) is 7.12. The van der Waals surface area contributed by atoms with Crippen molar-refractivity contribution in [3.63, 3.8) is 0 Å². The molecule has 21 heavy (non-hydrogen) atoms. The van der Waals surface area contributed by atoms with Gasteiger partial charge >= 0.3 is 0 Å². The van der Waals surface area contributed by atoms with Crippen LogP contribution in [0, 0.1) is 23.2 Å². The SMILES string of the molecule is Cl.Nc1ccc(NC(=O)C23CC4CC(CC(C4)C2)C3)cn1. The third kappa shape index (κ3) is 2.50. The quantitative estimate of drug-likeness (QED) is 0.881. The van der Waals surface area contributed by atoms with Gasteiger partial charge in [0.15, 0.2) is 0 Å². The number of nitrogens with two attached hydrogens (primary N) is 1. The average molecular weight is 308 g/mol. The molecule has 4 saturated carbocycles. The molecular formula is C16H22ClN3O. The lowest BCUT2D eigenvalue weighted by Crippen LogP contribution is -2.51. The molecule has 0 atom stereocenters. The molecule has 4 aliphatic carbocycles. The Labute approximate surface area is 131 Å². The summed E-state index contributed by atoms with van der Waals surface area (Å²) in [6.07, 6.45) is 8.99. The highest BCUT2D eigenvalue weighted by Crippen LogP contribution is 2.60. The van der Waals surface area contributed by atoms with Crippen LogP contribution in [0.1, 0.15) is 38.5 Å². The van der Waals surface area contributed by atoms with E-state index in [1.807, 2.05) is 6.07 Å². The van der Waals surface area contributed by atoms with Gasteiger partial charge in [-0.3, -0.25) is 4.79 Å². The van der Waals surface area contributed by atoms with Crippen LogP contribution in [-0.4, -0.2) is 10.9 Å². The Morgan fingerprint density at radius 1 is 1.14 bits per heavy atom. The van der Waals surface area contributed by atoms with E-state index in [1.54, 1.807) is 12.3 Å². The van der Waals surface area contributed by atoms with Gasteiger partial charge in [0.25, 0.3) is 0 Å². The van der Waals surface area contributed by atoms with E-state index >= 15 is 0 Å². The predicted molar refractivity (Wildman–Crippen MR) is 85.1 cm³/mol. The molecule has 0 radical (unpaired) electrons. The summed E-state index contributed by atoms with van der Waals surface area (Å²) in [5, 5.41) is 3.07. The first-order valence-corrected chi connectivity index (χ1v) is 7.66. The Bertz CT molecular complexity index is 508. The minimum absolute atomic E-state index is 0. The van der Waals surface area contributed by atoms with Crippen molar-refractivity contribution in [2.75, 3.05) is 11.1 Å². The normalized spacial score (nSPS) is 36.1. The molecule has 114 valence electrons. The average Bonchev–Trinajstić information content (AvgIpc) is 2.40. The van der Waals surface area contributed by atoms with E-state index < -0.39 is 0 Å². The first-order chi connectivity index (χ1) is 9.63. The van der Waals surface area contributed by atoms with Crippen LogP contribution in [-0.2, 0) is 4.79 Å². The smallest absolute Gasteiger partial charge is 0.230 e. The van der Waals surface area contributed by atoms with E-state index in [1.165, 1.54) is 19.3 Å². The van der Waals surface area contributed by atoms with Gasteiger partial charge in [0, 0.05) is 0 Å². The zero-order chi connectivity index (χ0) is 13.7. The summed E-state index contributed by atoms with van der Waals surface area (Å²) in [4.78, 5) is 16.8. The fraction of sp³-hybridized carbons (Fsp3) is 0.625. The lowest BCUT2D eigenvalue weighted by atomic mass is 9.49. The second kappa shape index (κ2) is 5.16. The summed E-state index contributed by atoms with van der Waals surface area (Å²) in [5.74, 6) is 3.06. The van der Waals surface area contributed by atoms with Gasteiger partial charge in [0.1, 0.15) is 5.82 Å². The van der Waals surface area contributed by atoms with Crippen LogP contribution in [0.2, 0.25) is 0 Å². The van der Waals surface area contributed by atoms with Crippen molar-refractivity contribution < 1.29 is 4.79 Å². The van der Waals surface area contributed by atoms with E-state index in [4.69, 9.17) is 5.73 Å². The van der Waals surface area contributed by atoms with Crippen LogP contribution in [0.5, 0.6) is 0 Å². The van der Waals surface area contributed by atoms with Crippen molar-refractivity contribution in [1.82, 2.24) is 4.98 Å². The van der Waals surface area contributed by atoms with Crippen molar-refractivity contribution in [3.05, 3.63) is 18.3 Å². The van der Waals surface area contributed by atoms with Crippen molar-refractivity contribution in [3.8, 4) is 0 Å². The van der Waals surface area contributed by atoms with E-state index in [9.17, 15) is 4.79 Å². The Hall–Kier alpha value is -1.29. The van der Waals surface area contributed by atoms with Gasteiger partial charge in [0.2, 0.25) is 5.91 Å². The minimum Gasteiger partial charge on any atom is -0.384 e. The third-order valence-electron chi connectivity index (χ3n) is 5.56. The molecule has 4 bridgehead atoms. The number of pyridine rings is 1. The first-order valence-electron chi connectivity index (χ1n) is 7.66.